The third-order valence-corrected chi connectivity index (χ3v) is 5.96. The second-order valence-corrected chi connectivity index (χ2v) is 8.58. The van der Waals surface area contributed by atoms with Crippen LogP contribution >= 0.6 is 0 Å². The van der Waals surface area contributed by atoms with Gasteiger partial charge in [-0.1, -0.05) is 55.8 Å². The first-order valence-corrected chi connectivity index (χ1v) is 10.9. The van der Waals surface area contributed by atoms with Gasteiger partial charge in [-0.05, 0) is 43.0 Å². The number of aromatic nitrogens is 1. The number of aromatic amines is 1. The molecule has 0 bridgehead atoms. The molecule has 0 saturated heterocycles. The van der Waals surface area contributed by atoms with E-state index in [4.69, 9.17) is 0 Å². The fourth-order valence-electron chi connectivity index (χ4n) is 4.17. The van der Waals surface area contributed by atoms with Crippen molar-refractivity contribution in [1.82, 2.24) is 15.2 Å². The molecule has 2 heterocycles. The molecular weight excluding hydrogens is 386 g/mol. The highest BCUT2D eigenvalue weighted by Gasteiger charge is 2.30. The quantitative estimate of drug-likeness (QED) is 0.642. The van der Waals surface area contributed by atoms with Crippen LogP contribution in [0.5, 0.6) is 0 Å². The summed E-state index contributed by atoms with van der Waals surface area (Å²) in [4.78, 5) is 31.2. The van der Waals surface area contributed by atoms with Gasteiger partial charge in [0.25, 0.3) is 5.91 Å². The van der Waals surface area contributed by atoms with E-state index in [1.54, 1.807) is 6.07 Å². The summed E-state index contributed by atoms with van der Waals surface area (Å²) in [5.41, 5.74) is 5.18. The van der Waals surface area contributed by atoms with Crippen LogP contribution < -0.4 is 5.32 Å². The number of carbonyl (C=O) groups excluding carboxylic acids is 2. The molecular formula is C26H29N3O2. The van der Waals surface area contributed by atoms with Gasteiger partial charge in [-0.3, -0.25) is 9.59 Å². The Morgan fingerprint density at radius 1 is 1.10 bits per heavy atom. The van der Waals surface area contributed by atoms with Crippen molar-refractivity contribution in [3.05, 3.63) is 77.5 Å². The zero-order valence-electron chi connectivity index (χ0n) is 18.3. The van der Waals surface area contributed by atoms with E-state index in [2.05, 4.69) is 28.5 Å². The minimum Gasteiger partial charge on any atom is -0.361 e. The van der Waals surface area contributed by atoms with Gasteiger partial charge < -0.3 is 15.2 Å². The smallest absolute Gasteiger partial charge is 0.251 e. The fraction of sp³-hybridized carbons (Fsp3) is 0.308. The summed E-state index contributed by atoms with van der Waals surface area (Å²) >= 11 is 0. The van der Waals surface area contributed by atoms with Crippen LogP contribution in [-0.2, 0) is 4.79 Å². The molecule has 5 nitrogen and oxygen atoms in total. The van der Waals surface area contributed by atoms with E-state index in [-0.39, 0.29) is 17.7 Å². The van der Waals surface area contributed by atoms with Crippen molar-refractivity contribution >= 4 is 28.3 Å². The number of benzene rings is 2. The highest BCUT2D eigenvalue weighted by atomic mass is 16.2. The Bertz CT molecular complexity index is 1140. The van der Waals surface area contributed by atoms with E-state index in [1.165, 1.54) is 16.5 Å². The van der Waals surface area contributed by atoms with Crippen LogP contribution in [0.4, 0.5) is 0 Å². The topological polar surface area (TPSA) is 65.2 Å². The van der Waals surface area contributed by atoms with Gasteiger partial charge in [0.1, 0.15) is 6.04 Å². The molecule has 2 N–H and O–H groups in total. The largest absolute Gasteiger partial charge is 0.361 e. The summed E-state index contributed by atoms with van der Waals surface area (Å²) < 4.78 is 0. The van der Waals surface area contributed by atoms with Crippen LogP contribution in [0.15, 0.2) is 60.8 Å². The number of hydrogen-bond acceptors (Lipinski definition) is 2. The lowest BCUT2D eigenvalue weighted by atomic mass is 9.97. The van der Waals surface area contributed by atoms with Crippen LogP contribution in [0.1, 0.15) is 41.8 Å². The summed E-state index contributed by atoms with van der Waals surface area (Å²) in [6, 6.07) is 15.1. The van der Waals surface area contributed by atoms with E-state index in [0.29, 0.717) is 18.7 Å². The minimum atomic E-state index is -0.545. The van der Waals surface area contributed by atoms with Crippen LogP contribution in [0.25, 0.3) is 16.5 Å². The van der Waals surface area contributed by atoms with Crippen molar-refractivity contribution in [2.45, 2.75) is 33.2 Å². The van der Waals surface area contributed by atoms with Crippen molar-refractivity contribution in [2.75, 3.05) is 13.1 Å². The summed E-state index contributed by atoms with van der Waals surface area (Å²) in [6.45, 7) is 7.09. The van der Waals surface area contributed by atoms with Gasteiger partial charge in [-0.2, -0.15) is 0 Å². The Kier molecular flexibility index (Phi) is 5.94. The first kappa shape index (κ1) is 20.9. The van der Waals surface area contributed by atoms with Crippen LogP contribution in [0, 0.1) is 12.8 Å². The van der Waals surface area contributed by atoms with E-state index >= 15 is 0 Å². The number of amides is 2. The molecule has 2 amide bonds. The molecule has 0 saturated carbocycles. The predicted molar refractivity (Wildman–Crippen MR) is 125 cm³/mol. The first-order valence-electron chi connectivity index (χ1n) is 10.9. The molecule has 1 aromatic heterocycles. The highest BCUT2D eigenvalue weighted by molar-refractivity contribution is 5.98. The van der Waals surface area contributed by atoms with E-state index in [1.807, 2.05) is 62.2 Å². The number of para-hydroxylation sites is 1. The van der Waals surface area contributed by atoms with E-state index in [0.717, 1.165) is 17.5 Å². The Morgan fingerprint density at radius 3 is 2.61 bits per heavy atom. The maximum absolute atomic E-state index is 13.3. The third-order valence-electron chi connectivity index (χ3n) is 5.96. The van der Waals surface area contributed by atoms with Crippen LogP contribution in [-0.4, -0.2) is 40.8 Å². The molecule has 160 valence electrons. The molecule has 31 heavy (non-hydrogen) atoms. The lowest BCUT2D eigenvalue weighted by Crippen LogP contribution is -2.52. The van der Waals surface area contributed by atoms with Crippen molar-refractivity contribution in [1.29, 1.82) is 0 Å². The number of aryl methyl sites for hydroxylation is 1. The zero-order chi connectivity index (χ0) is 22.0. The van der Waals surface area contributed by atoms with Crippen LogP contribution in [0.2, 0.25) is 0 Å². The van der Waals surface area contributed by atoms with Crippen molar-refractivity contribution in [2.24, 2.45) is 5.92 Å². The van der Waals surface area contributed by atoms with Gasteiger partial charge in [0.2, 0.25) is 5.91 Å². The average molecular weight is 416 g/mol. The molecule has 3 aromatic rings. The molecule has 5 heteroatoms. The van der Waals surface area contributed by atoms with Gasteiger partial charge >= 0.3 is 0 Å². The molecule has 1 unspecified atom stereocenters. The number of fused-ring (bicyclic) bond motifs is 1. The molecule has 0 spiro atoms. The standard InChI is InChI=1S/C26H29N3O2/c1-17(2)24(28-25(30)20-8-6-7-18(3)15-20)26(31)29-13-11-19(12-14-29)22-16-27-23-10-5-4-9-21(22)23/h4-11,15-17,24,27H,12-14H2,1-3H3,(H,28,30). The molecule has 0 fully saturated rings. The van der Waals surface area contributed by atoms with E-state index < -0.39 is 6.04 Å². The third kappa shape index (κ3) is 4.41. The molecule has 0 radical (unpaired) electrons. The van der Waals surface area contributed by atoms with Gasteiger partial charge in [0.15, 0.2) is 0 Å². The van der Waals surface area contributed by atoms with Gasteiger partial charge in [0, 0.05) is 41.3 Å². The normalized spacial score (nSPS) is 15.1. The Hall–Kier alpha value is -3.34. The highest BCUT2D eigenvalue weighted by Crippen LogP contribution is 2.29. The van der Waals surface area contributed by atoms with Gasteiger partial charge in [0.05, 0.1) is 0 Å². The number of rotatable bonds is 5. The minimum absolute atomic E-state index is 0.000234. The molecule has 1 aliphatic rings. The molecule has 4 rings (SSSR count). The van der Waals surface area contributed by atoms with Crippen molar-refractivity contribution < 1.29 is 9.59 Å². The number of nitrogens with one attached hydrogen (secondary N) is 2. The number of carbonyl (C=O) groups is 2. The second-order valence-electron chi connectivity index (χ2n) is 8.58. The van der Waals surface area contributed by atoms with Gasteiger partial charge in [-0.15, -0.1) is 0 Å². The zero-order valence-corrected chi connectivity index (χ0v) is 18.3. The number of nitrogens with zero attached hydrogens (tertiary/aromatic N) is 1. The van der Waals surface area contributed by atoms with Crippen LogP contribution in [0.3, 0.4) is 0 Å². The van der Waals surface area contributed by atoms with E-state index in [9.17, 15) is 9.59 Å². The number of hydrogen-bond donors (Lipinski definition) is 2. The maximum atomic E-state index is 13.3. The Morgan fingerprint density at radius 2 is 1.90 bits per heavy atom. The summed E-state index contributed by atoms with van der Waals surface area (Å²) in [7, 11) is 0. The maximum Gasteiger partial charge on any atom is 0.251 e. The molecule has 0 aliphatic carbocycles. The predicted octanol–water partition coefficient (Wildman–Crippen LogP) is 4.55. The molecule has 2 aromatic carbocycles. The lowest BCUT2D eigenvalue weighted by Gasteiger charge is -2.32. The molecule has 1 atom stereocenters. The van der Waals surface area contributed by atoms with Gasteiger partial charge in [-0.25, -0.2) is 0 Å². The number of H-pyrrole nitrogens is 1. The summed E-state index contributed by atoms with van der Waals surface area (Å²) in [5.74, 6) is -0.228. The Balaban J connectivity index is 1.47. The molecule has 1 aliphatic heterocycles. The monoisotopic (exact) mass is 415 g/mol. The summed E-state index contributed by atoms with van der Waals surface area (Å²) in [5, 5.41) is 4.17. The fourth-order valence-corrected chi connectivity index (χ4v) is 4.17. The first-order chi connectivity index (χ1) is 14.9. The second kappa shape index (κ2) is 8.80. The average Bonchev–Trinajstić information content (AvgIpc) is 3.21. The van der Waals surface area contributed by atoms with Crippen molar-refractivity contribution in [3.63, 3.8) is 0 Å². The SMILES string of the molecule is Cc1cccc(C(=O)NC(C(=O)N2CC=C(c3c[nH]c4ccccc34)CC2)C(C)C)c1. The lowest BCUT2D eigenvalue weighted by molar-refractivity contribution is -0.133. The Labute approximate surface area is 183 Å². The summed E-state index contributed by atoms with van der Waals surface area (Å²) in [6.07, 6.45) is 4.98. The van der Waals surface area contributed by atoms with Crippen molar-refractivity contribution in [3.8, 4) is 0 Å².